The topological polar surface area (TPSA) is 52.1 Å². The van der Waals surface area contributed by atoms with Crippen LogP contribution >= 0.6 is 54.8 Å². The Balaban J connectivity index is 2.57. The van der Waals surface area contributed by atoms with E-state index in [2.05, 4.69) is 46.6 Å². The van der Waals surface area contributed by atoms with Gasteiger partial charge in [0, 0.05) is 4.47 Å². The zero-order valence-corrected chi connectivity index (χ0v) is 13.7. The molecule has 0 atom stereocenters. The Bertz CT molecular complexity index is 618. The smallest absolute Gasteiger partial charge is 0.358 e. The van der Waals surface area contributed by atoms with E-state index in [1.807, 2.05) is 0 Å². The van der Waals surface area contributed by atoms with Crippen molar-refractivity contribution in [3.63, 3.8) is 0 Å². The molecular weight excluding hydrogens is 407 g/mol. The number of ether oxygens (including phenoxy) is 1. The largest absolute Gasteiger partial charge is 0.464 e. The lowest BCUT2D eigenvalue weighted by molar-refractivity contribution is 0.0594. The van der Waals surface area contributed by atoms with Gasteiger partial charge in [-0.25, -0.2) is 14.8 Å². The Morgan fingerprint density at radius 2 is 2.22 bits per heavy atom. The van der Waals surface area contributed by atoms with Crippen molar-refractivity contribution in [3.8, 4) is 10.7 Å². The van der Waals surface area contributed by atoms with Crippen LogP contribution < -0.4 is 0 Å². The van der Waals surface area contributed by atoms with Gasteiger partial charge in [0.1, 0.15) is 10.7 Å². The highest BCUT2D eigenvalue weighted by Gasteiger charge is 2.18. The second-order valence-electron chi connectivity index (χ2n) is 3.11. The number of hydrogen-bond acceptors (Lipinski definition) is 5. The first-order valence-corrected chi connectivity index (χ1v) is 7.37. The molecule has 0 saturated carbocycles. The summed E-state index contributed by atoms with van der Waals surface area (Å²) in [6, 6.07) is 1.71. The van der Waals surface area contributed by atoms with E-state index in [0.29, 0.717) is 15.2 Å². The van der Waals surface area contributed by atoms with E-state index in [-0.39, 0.29) is 10.7 Å². The second-order valence-corrected chi connectivity index (χ2v) is 6.76. The molecule has 2 rings (SSSR count). The Morgan fingerprint density at radius 1 is 1.50 bits per heavy atom. The van der Waals surface area contributed by atoms with Crippen LogP contribution in [0.15, 0.2) is 20.5 Å². The molecule has 0 aliphatic heterocycles. The number of rotatable bonds is 2. The summed E-state index contributed by atoms with van der Waals surface area (Å²) in [5.41, 5.74) is 0.622. The molecule has 94 valence electrons. The Hall–Kier alpha value is -0.500. The number of esters is 1. The minimum Gasteiger partial charge on any atom is -0.464 e. The van der Waals surface area contributed by atoms with Gasteiger partial charge in [0.15, 0.2) is 5.69 Å². The maximum absolute atomic E-state index is 11.6. The summed E-state index contributed by atoms with van der Waals surface area (Å²) in [6.07, 6.45) is 1.67. The molecule has 8 heteroatoms. The molecule has 4 nitrogen and oxygen atoms in total. The zero-order valence-electron chi connectivity index (χ0n) is 8.91. The summed E-state index contributed by atoms with van der Waals surface area (Å²) in [7, 11) is 1.28. The highest BCUT2D eigenvalue weighted by molar-refractivity contribution is 9.11. The summed E-state index contributed by atoms with van der Waals surface area (Å²) < 4.78 is 6.09. The van der Waals surface area contributed by atoms with Gasteiger partial charge < -0.3 is 4.74 Å². The van der Waals surface area contributed by atoms with Crippen LogP contribution in [0.25, 0.3) is 10.7 Å². The minimum absolute atomic E-state index is 0.0647. The fraction of sp³-hybridized carbons (Fsp3) is 0.100. The minimum atomic E-state index is -0.585. The number of nitrogens with zero attached hydrogens (tertiary/aromatic N) is 2. The van der Waals surface area contributed by atoms with E-state index in [1.54, 1.807) is 12.3 Å². The van der Waals surface area contributed by atoms with Gasteiger partial charge in [-0.05, 0) is 37.9 Å². The monoisotopic (exact) mass is 410 g/mol. The van der Waals surface area contributed by atoms with Crippen LogP contribution in [0.2, 0.25) is 5.02 Å². The summed E-state index contributed by atoms with van der Waals surface area (Å²) in [4.78, 5) is 19.9. The molecule has 18 heavy (non-hydrogen) atoms. The van der Waals surface area contributed by atoms with Crippen molar-refractivity contribution in [2.24, 2.45) is 0 Å². The quantitative estimate of drug-likeness (QED) is 0.695. The molecule has 0 aliphatic rings. The van der Waals surface area contributed by atoms with Gasteiger partial charge >= 0.3 is 5.97 Å². The summed E-state index contributed by atoms with van der Waals surface area (Å²) in [6.45, 7) is 0. The summed E-state index contributed by atoms with van der Waals surface area (Å²) in [5, 5.41) is 0.908. The Kier molecular flexibility index (Phi) is 4.37. The molecule has 2 aromatic heterocycles. The molecule has 0 fully saturated rings. The molecule has 0 amide bonds. The van der Waals surface area contributed by atoms with Crippen LogP contribution in [-0.2, 0) is 4.74 Å². The van der Waals surface area contributed by atoms with Crippen LogP contribution in [0.5, 0.6) is 0 Å². The predicted molar refractivity (Wildman–Crippen MR) is 77.1 cm³/mol. The van der Waals surface area contributed by atoms with Crippen molar-refractivity contribution < 1.29 is 9.53 Å². The standard InChI is InChI=1S/C10H5Br2ClN2O2S/c1-17-10(16)8-7(13)4(11)2-5(15-8)9-14-3-6(12)18-9/h2-3H,1H3. The SMILES string of the molecule is COC(=O)c1nc(-c2ncc(Br)s2)cc(Br)c1Cl. The Labute approximate surface area is 129 Å². The molecule has 0 aliphatic carbocycles. The number of halogens is 3. The summed E-state index contributed by atoms with van der Waals surface area (Å²) in [5.74, 6) is -0.585. The number of thiazole rings is 1. The van der Waals surface area contributed by atoms with Crippen LogP contribution in [0.1, 0.15) is 10.5 Å². The summed E-state index contributed by atoms with van der Waals surface area (Å²) >= 11 is 14.0. The Morgan fingerprint density at radius 3 is 2.78 bits per heavy atom. The third-order valence-corrected chi connectivity index (χ3v) is 4.72. The van der Waals surface area contributed by atoms with Gasteiger partial charge in [-0.1, -0.05) is 11.6 Å². The molecule has 0 bridgehead atoms. The van der Waals surface area contributed by atoms with E-state index in [1.165, 1.54) is 18.4 Å². The second kappa shape index (κ2) is 5.64. The fourth-order valence-corrected chi connectivity index (χ4v) is 2.96. The molecule has 2 heterocycles. The number of pyridine rings is 1. The lowest BCUT2D eigenvalue weighted by Gasteiger charge is -2.05. The molecule has 0 saturated heterocycles. The van der Waals surface area contributed by atoms with E-state index >= 15 is 0 Å². The molecular formula is C10H5Br2ClN2O2S. The van der Waals surface area contributed by atoms with Crippen LogP contribution in [0, 0.1) is 0 Å². The maximum atomic E-state index is 11.6. The van der Waals surface area contributed by atoms with Crippen LogP contribution in [-0.4, -0.2) is 23.0 Å². The van der Waals surface area contributed by atoms with Gasteiger partial charge in [0.05, 0.1) is 22.1 Å². The van der Waals surface area contributed by atoms with Crippen molar-refractivity contribution >= 4 is 60.8 Å². The molecule has 0 N–H and O–H groups in total. The van der Waals surface area contributed by atoms with Crippen LogP contribution in [0.3, 0.4) is 0 Å². The molecule has 0 spiro atoms. The molecule has 0 radical (unpaired) electrons. The first-order chi connectivity index (χ1) is 8.52. The predicted octanol–water partition coefficient (Wildman–Crippen LogP) is 4.17. The van der Waals surface area contributed by atoms with Crippen molar-refractivity contribution in [1.82, 2.24) is 9.97 Å². The van der Waals surface area contributed by atoms with E-state index in [9.17, 15) is 4.79 Å². The molecule has 0 aromatic carbocycles. The molecule has 2 aromatic rings. The zero-order chi connectivity index (χ0) is 13.3. The van der Waals surface area contributed by atoms with Crippen molar-refractivity contribution in [2.75, 3.05) is 7.11 Å². The van der Waals surface area contributed by atoms with Crippen LogP contribution in [0.4, 0.5) is 0 Å². The van der Waals surface area contributed by atoms with Gasteiger partial charge in [0.25, 0.3) is 0 Å². The van der Waals surface area contributed by atoms with Crippen molar-refractivity contribution in [1.29, 1.82) is 0 Å². The highest BCUT2D eigenvalue weighted by atomic mass is 79.9. The lowest BCUT2D eigenvalue weighted by Crippen LogP contribution is -2.06. The van der Waals surface area contributed by atoms with Gasteiger partial charge in [-0.15, -0.1) is 11.3 Å². The number of carbonyl (C=O) groups excluding carboxylic acids is 1. The number of methoxy groups -OCH3 is 1. The number of carbonyl (C=O) groups is 1. The lowest BCUT2D eigenvalue weighted by atomic mass is 10.3. The fourth-order valence-electron chi connectivity index (χ4n) is 1.21. The van der Waals surface area contributed by atoms with E-state index in [4.69, 9.17) is 11.6 Å². The highest BCUT2D eigenvalue weighted by Crippen LogP contribution is 2.33. The van der Waals surface area contributed by atoms with E-state index in [0.717, 1.165) is 3.79 Å². The maximum Gasteiger partial charge on any atom is 0.358 e. The number of aromatic nitrogens is 2. The normalized spacial score (nSPS) is 10.4. The first kappa shape index (κ1) is 13.9. The molecule has 0 unspecified atom stereocenters. The van der Waals surface area contributed by atoms with Gasteiger partial charge in [-0.3, -0.25) is 0 Å². The third-order valence-electron chi connectivity index (χ3n) is 1.99. The average Bonchev–Trinajstić information content (AvgIpc) is 2.78. The number of hydrogen-bond donors (Lipinski definition) is 0. The average molecular weight is 412 g/mol. The van der Waals surface area contributed by atoms with Gasteiger partial charge in [0.2, 0.25) is 0 Å². The van der Waals surface area contributed by atoms with Gasteiger partial charge in [-0.2, -0.15) is 0 Å². The van der Waals surface area contributed by atoms with Crippen molar-refractivity contribution in [3.05, 3.63) is 31.2 Å². The van der Waals surface area contributed by atoms with Crippen molar-refractivity contribution in [2.45, 2.75) is 0 Å². The first-order valence-electron chi connectivity index (χ1n) is 4.59. The third kappa shape index (κ3) is 2.74. The van der Waals surface area contributed by atoms with E-state index < -0.39 is 5.97 Å².